The third kappa shape index (κ3) is 6.42. The number of esters is 2. The Bertz CT molecular complexity index is 1010. The van der Waals surface area contributed by atoms with Crippen molar-refractivity contribution in [3.05, 3.63) is 71.8 Å². The Hall–Kier alpha value is -2.67. The van der Waals surface area contributed by atoms with Crippen LogP contribution < -0.4 is 0 Å². The van der Waals surface area contributed by atoms with Gasteiger partial charge in [0.25, 0.3) is 0 Å². The van der Waals surface area contributed by atoms with E-state index < -0.39 is 32.4 Å². The molecule has 0 aromatic heterocycles. The summed E-state index contributed by atoms with van der Waals surface area (Å²) in [5, 5.41) is 0. The standard InChI is InChI=1S/C25H30O6S/c1-25(2,24(27)31-17-20-13-14-20)32(28,29)18-22(21-11-7-4-8-12-21)15-23(26)30-16-19-9-5-3-6-10-19/h3-12,20,22H,13-18H2,1-2H3. The zero-order valence-corrected chi connectivity index (χ0v) is 19.3. The van der Waals surface area contributed by atoms with Crippen LogP contribution in [0.5, 0.6) is 0 Å². The van der Waals surface area contributed by atoms with Crippen LogP contribution in [0.3, 0.4) is 0 Å². The average Bonchev–Trinajstić information content (AvgIpc) is 3.61. The number of sulfone groups is 1. The molecule has 0 amide bonds. The van der Waals surface area contributed by atoms with Crippen LogP contribution in [0.1, 0.15) is 50.2 Å². The van der Waals surface area contributed by atoms with Crippen LogP contribution in [0, 0.1) is 5.92 Å². The van der Waals surface area contributed by atoms with E-state index >= 15 is 0 Å². The monoisotopic (exact) mass is 458 g/mol. The van der Waals surface area contributed by atoms with Crippen LogP contribution in [-0.4, -0.2) is 37.5 Å². The fraction of sp³-hybridized carbons (Fsp3) is 0.440. The minimum atomic E-state index is -3.93. The van der Waals surface area contributed by atoms with Crippen molar-refractivity contribution in [2.45, 2.75) is 50.4 Å². The van der Waals surface area contributed by atoms with Crippen molar-refractivity contribution in [2.24, 2.45) is 5.92 Å². The van der Waals surface area contributed by atoms with Crippen LogP contribution >= 0.6 is 0 Å². The molecule has 1 atom stereocenters. The van der Waals surface area contributed by atoms with Gasteiger partial charge in [0.05, 0.1) is 18.8 Å². The second-order valence-electron chi connectivity index (χ2n) is 8.79. The maximum Gasteiger partial charge on any atom is 0.326 e. The average molecular weight is 459 g/mol. The fourth-order valence-electron chi connectivity index (χ4n) is 3.25. The molecule has 2 aromatic carbocycles. The van der Waals surface area contributed by atoms with Gasteiger partial charge in [-0.05, 0) is 43.7 Å². The second kappa shape index (κ2) is 10.3. The van der Waals surface area contributed by atoms with Crippen molar-refractivity contribution in [2.75, 3.05) is 12.4 Å². The number of carbonyl (C=O) groups is 2. The van der Waals surface area contributed by atoms with Crippen molar-refractivity contribution in [1.29, 1.82) is 0 Å². The molecule has 1 aliphatic rings. The Morgan fingerprint density at radius 3 is 2.16 bits per heavy atom. The zero-order chi connectivity index (χ0) is 23.2. The van der Waals surface area contributed by atoms with Crippen molar-refractivity contribution in [3.8, 4) is 0 Å². The molecule has 7 heteroatoms. The molecule has 1 unspecified atom stereocenters. The first kappa shape index (κ1) is 24.0. The highest BCUT2D eigenvalue weighted by molar-refractivity contribution is 7.93. The number of hydrogen-bond acceptors (Lipinski definition) is 6. The Labute approximate surface area is 189 Å². The quantitative estimate of drug-likeness (QED) is 0.472. The minimum absolute atomic E-state index is 0.108. The maximum atomic E-state index is 13.2. The lowest BCUT2D eigenvalue weighted by atomic mass is 9.98. The molecule has 0 bridgehead atoms. The van der Waals surface area contributed by atoms with Gasteiger partial charge in [-0.3, -0.25) is 9.59 Å². The van der Waals surface area contributed by atoms with Gasteiger partial charge < -0.3 is 9.47 Å². The van der Waals surface area contributed by atoms with E-state index in [2.05, 4.69) is 0 Å². The molecule has 0 heterocycles. The summed E-state index contributed by atoms with van der Waals surface area (Å²) in [6, 6.07) is 18.2. The van der Waals surface area contributed by atoms with Gasteiger partial charge in [-0.25, -0.2) is 8.42 Å². The molecule has 0 spiro atoms. The van der Waals surface area contributed by atoms with Crippen LogP contribution in [0.15, 0.2) is 60.7 Å². The molecule has 3 rings (SSSR count). The van der Waals surface area contributed by atoms with E-state index in [0.717, 1.165) is 18.4 Å². The van der Waals surface area contributed by atoms with E-state index in [1.165, 1.54) is 13.8 Å². The number of hydrogen-bond donors (Lipinski definition) is 0. The van der Waals surface area contributed by atoms with Gasteiger partial charge in [0.1, 0.15) is 6.61 Å². The van der Waals surface area contributed by atoms with Crippen molar-refractivity contribution in [1.82, 2.24) is 0 Å². The highest BCUT2D eigenvalue weighted by Crippen LogP contribution is 2.31. The van der Waals surface area contributed by atoms with E-state index in [0.29, 0.717) is 11.5 Å². The minimum Gasteiger partial charge on any atom is -0.464 e. The fourth-order valence-corrected chi connectivity index (χ4v) is 4.82. The molecule has 0 N–H and O–H groups in total. The SMILES string of the molecule is CC(C)(C(=O)OCC1CC1)S(=O)(=O)CC(CC(=O)OCc1ccccc1)c1ccccc1. The van der Waals surface area contributed by atoms with Crippen molar-refractivity contribution >= 4 is 21.8 Å². The summed E-state index contributed by atoms with van der Waals surface area (Å²) in [6.45, 7) is 3.11. The van der Waals surface area contributed by atoms with E-state index in [1.807, 2.05) is 36.4 Å². The lowest BCUT2D eigenvalue weighted by molar-refractivity contribution is -0.146. The number of ether oxygens (including phenoxy) is 2. The maximum absolute atomic E-state index is 13.2. The molecular formula is C25H30O6S. The normalized spacial score (nSPS) is 15.1. The van der Waals surface area contributed by atoms with Gasteiger partial charge >= 0.3 is 11.9 Å². The van der Waals surface area contributed by atoms with E-state index in [9.17, 15) is 18.0 Å². The predicted molar refractivity (Wildman–Crippen MR) is 122 cm³/mol. The van der Waals surface area contributed by atoms with E-state index in [1.54, 1.807) is 24.3 Å². The Morgan fingerprint density at radius 1 is 0.969 bits per heavy atom. The summed E-state index contributed by atoms with van der Waals surface area (Å²) in [4.78, 5) is 25.1. The molecule has 0 saturated heterocycles. The molecular weight excluding hydrogens is 428 g/mol. The Kier molecular flexibility index (Phi) is 7.72. The van der Waals surface area contributed by atoms with Crippen molar-refractivity contribution < 1.29 is 27.5 Å². The van der Waals surface area contributed by atoms with Crippen LogP contribution in [0.2, 0.25) is 0 Å². The summed E-state index contributed by atoms with van der Waals surface area (Å²) in [5.41, 5.74) is 1.55. The van der Waals surface area contributed by atoms with Gasteiger partial charge in [-0.2, -0.15) is 0 Å². The number of carbonyl (C=O) groups excluding carboxylic acids is 2. The zero-order valence-electron chi connectivity index (χ0n) is 18.5. The molecule has 1 aliphatic carbocycles. The predicted octanol–water partition coefficient (Wildman–Crippen LogP) is 4.05. The highest BCUT2D eigenvalue weighted by atomic mass is 32.2. The number of benzene rings is 2. The Morgan fingerprint density at radius 2 is 1.56 bits per heavy atom. The molecule has 1 saturated carbocycles. The molecule has 1 fully saturated rings. The highest BCUT2D eigenvalue weighted by Gasteiger charge is 2.45. The molecule has 0 aliphatic heterocycles. The summed E-state index contributed by atoms with van der Waals surface area (Å²) in [5.74, 6) is -1.90. The summed E-state index contributed by atoms with van der Waals surface area (Å²) < 4.78 is 35.4. The van der Waals surface area contributed by atoms with Crippen LogP contribution in [0.4, 0.5) is 0 Å². The van der Waals surface area contributed by atoms with Crippen LogP contribution in [-0.2, 0) is 35.5 Å². The van der Waals surface area contributed by atoms with Gasteiger partial charge in [0.2, 0.25) is 0 Å². The first-order valence-corrected chi connectivity index (χ1v) is 12.5. The van der Waals surface area contributed by atoms with E-state index in [4.69, 9.17) is 9.47 Å². The molecule has 32 heavy (non-hydrogen) atoms. The van der Waals surface area contributed by atoms with Gasteiger partial charge in [-0.15, -0.1) is 0 Å². The summed E-state index contributed by atoms with van der Waals surface area (Å²) in [7, 11) is -3.93. The summed E-state index contributed by atoms with van der Waals surface area (Å²) in [6.07, 6.45) is 1.90. The Balaban J connectivity index is 1.70. The number of rotatable bonds is 11. The third-order valence-corrected chi connectivity index (χ3v) is 8.33. The molecule has 0 radical (unpaired) electrons. The van der Waals surface area contributed by atoms with Crippen molar-refractivity contribution in [3.63, 3.8) is 0 Å². The van der Waals surface area contributed by atoms with Gasteiger partial charge in [-0.1, -0.05) is 60.7 Å². The molecule has 172 valence electrons. The first-order valence-electron chi connectivity index (χ1n) is 10.8. The van der Waals surface area contributed by atoms with E-state index in [-0.39, 0.29) is 25.4 Å². The topological polar surface area (TPSA) is 86.7 Å². The first-order chi connectivity index (χ1) is 15.2. The third-order valence-electron chi connectivity index (χ3n) is 5.76. The lowest BCUT2D eigenvalue weighted by Gasteiger charge is -2.26. The molecule has 2 aromatic rings. The largest absolute Gasteiger partial charge is 0.464 e. The summed E-state index contributed by atoms with van der Waals surface area (Å²) >= 11 is 0. The van der Waals surface area contributed by atoms with Crippen LogP contribution in [0.25, 0.3) is 0 Å². The van der Waals surface area contributed by atoms with Gasteiger partial charge in [0.15, 0.2) is 14.6 Å². The smallest absolute Gasteiger partial charge is 0.326 e. The van der Waals surface area contributed by atoms with Gasteiger partial charge in [0, 0.05) is 5.92 Å². The second-order valence-corrected chi connectivity index (χ2v) is 11.4. The lowest BCUT2D eigenvalue weighted by Crippen LogP contribution is -2.44. The molecule has 6 nitrogen and oxygen atoms in total.